The maximum atomic E-state index is 4.45. The van der Waals surface area contributed by atoms with Gasteiger partial charge in [-0.2, -0.15) is 0 Å². The SMILES string of the molecule is CN(C)c1ccc(Nc2cc(N3CCCCCC3)ncn2)cc1. The maximum Gasteiger partial charge on any atom is 0.135 e. The van der Waals surface area contributed by atoms with Crippen LogP contribution in [0.3, 0.4) is 0 Å². The highest BCUT2D eigenvalue weighted by Crippen LogP contribution is 2.22. The molecular formula is C18H25N5. The lowest BCUT2D eigenvalue weighted by atomic mass is 10.2. The highest BCUT2D eigenvalue weighted by Gasteiger charge is 2.11. The van der Waals surface area contributed by atoms with Crippen molar-refractivity contribution < 1.29 is 0 Å². The lowest BCUT2D eigenvalue weighted by Gasteiger charge is -2.21. The minimum absolute atomic E-state index is 0.844. The molecule has 5 nitrogen and oxygen atoms in total. The first-order chi connectivity index (χ1) is 11.2. The minimum Gasteiger partial charge on any atom is -0.378 e. The zero-order valence-corrected chi connectivity index (χ0v) is 14.0. The highest BCUT2D eigenvalue weighted by molar-refractivity contribution is 5.62. The largest absolute Gasteiger partial charge is 0.378 e. The van der Waals surface area contributed by atoms with Gasteiger partial charge in [-0.05, 0) is 37.1 Å². The molecule has 23 heavy (non-hydrogen) atoms. The van der Waals surface area contributed by atoms with Gasteiger partial charge in [-0.1, -0.05) is 12.8 Å². The van der Waals surface area contributed by atoms with Gasteiger partial charge in [-0.15, -0.1) is 0 Å². The van der Waals surface area contributed by atoms with Crippen molar-refractivity contribution in [2.45, 2.75) is 25.7 Å². The Morgan fingerprint density at radius 2 is 1.65 bits per heavy atom. The molecule has 0 spiro atoms. The molecule has 0 saturated carbocycles. The Morgan fingerprint density at radius 1 is 0.957 bits per heavy atom. The van der Waals surface area contributed by atoms with Gasteiger partial charge in [-0.25, -0.2) is 9.97 Å². The van der Waals surface area contributed by atoms with Gasteiger partial charge < -0.3 is 15.1 Å². The van der Waals surface area contributed by atoms with Crippen LogP contribution >= 0.6 is 0 Å². The van der Waals surface area contributed by atoms with Crippen LogP contribution in [0.1, 0.15) is 25.7 Å². The molecule has 0 bridgehead atoms. The van der Waals surface area contributed by atoms with Crippen LogP contribution in [0.4, 0.5) is 23.0 Å². The van der Waals surface area contributed by atoms with E-state index in [0.29, 0.717) is 0 Å². The van der Waals surface area contributed by atoms with Crippen molar-refractivity contribution in [3.05, 3.63) is 36.7 Å². The quantitative estimate of drug-likeness (QED) is 0.933. The fraction of sp³-hybridized carbons (Fsp3) is 0.444. The van der Waals surface area contributed by atoms with Crippen LogP contribution in [0.15, 0.2) is 36.7 Å². The Hall–Kier alpha value is -2.30. The number of benzene rings is 1. The first kappa shape index (κ1) is 15.6. The van der Waals surface area contributed by atoms with Crippen molar-refractivity contribution in [1.82, 2.24) is 9.97 Å². The second kappa shape index (κ2) is 7.31. The summed E-state index contributed by atoms with van der Waals surface area (Å²) in [6.45, 7) is 2.18. The third kappa shape index (κ3) is 4.12. The summed E-state index contributed by atoms with van der Waals surface area (Å²) in [6.07, 6.45) is 6.80. The van der Waals surface area contributed by atoms with E-state index < -0.39 is 0 Å². The molecule has 0 radical (unpaired) electrons. The van der Waals surface area contributed by atoms with Gasteiger partial charge in [0.15, 0.2) is 0 Å². The number of aromatic nitrogens is 2. The average molecular weight is 311 g/mol. The molecule has 1 aliphatic heterocycles. The molecule has 0 amide bonds. The summed E-state index contributed by atoms with van der Waals surface area (Å²) in [5, 5.41) is 3.37. The van der Waals surface area contributed by atoms with E-state index in [1.807, 2.05) is 20.2 Å². The number of hydrogen-bond donors (Lipinski definition) is 1. The average Bonchev–Trinajstić information content (AvgIpc) is 2.85. The molecule has 2 heterocycles. The van der Waals surface area contributed by atoms with E-state index in [0.717, 1.165) is 30.4 Å². The van der Waals surface area contributed by atoms with Gasteiger partial charge in [0.25, 0.3) is 0 Å². The molecule has 2 aromatic rings. The number of rotatable bonds is 4. The van der Waals surface area contributed by atoms with E-state index in [-0.39, 0.29) is 0 Å². The van der Waals surface area contributed by atoms with Crippen molar-refractivity contribution in [3.63, 3.8) is 0 Å². The third-order valence-electron chi connectivity index (χ3n) is 4.24. The van der Waals surface area contributed by atoms with Crippen LogP contribution in [0, 0.1) is 0 Å². The summed E-state index contributed by atoms with van der Waals surface area (Å²) >= 11 is 0. The van der Waals surface area contributed by atoms with Crippen molar-refractivity contribution in [3.8, 4) is 0 Å². The molecule has 3 rings (SSSR count). The van der Waals surface area contributed by atoms with E-state index in [4.69, 9.17) is 0 Å². The first-order valence-corrected chi connectivity index (χ1v) is 8.34. The topological polar surface area (TPSA) is 44.3 Å². The molecule has 1 aromatic carbocycles. The summed E-state index contributed by atoms with van der Waals surface area (Å²) in [6, 6.07) is 10.4. The smallest absolute Gasteiger partial charge is 0.135 e. The van der Waals surface area contributed by atoms with Crippen LogP contribution in [0.5, 0.6) is 0 Å². The zero-order valence-electron chi connectivity index (χ0n) is 14.0. The van der Waals surface area contributed by atoms with Crippen molar-refractivity contribution in [2.24, 2.45) is 0 Å². The maximum absolute atomic E-state index is 4.45. The summed E-state index contributed by atoms with van der Waals surface area (Å²) in [5.41, 5.74) is 2.22. The second-order valence-corrected chi connectivity index (χ2v) is 6.23. The highest BCUT2D eigenvalue weighted by atomic mass is 15.2. The van der Waals surface area contributed by atoms with Crippen LogP contribution in [0.2, 0.25) is 0 Å². The van der Waals surface area contributed by atoms with E-state index >= 15 is 0 Å². The Morgan fingerprint density at radius 3 is 2.30 bits per heavy atom. The third-order valence-corrected chi connectivity index (χ3v) is 4.24. The molecule has 1 fully saturated rings. The summed E-state index contributed by atoms with van der Waals surface area (Å²) in [7, 11) is 4.08. The normalized spacial score (nSPS) is 15.1. The van der Waals surface area contributed by atoms with E-state index in [2.05, 4.69) is 49.4 Å². The second-order valence-electron chi connectivity index (χ2n) is 6.23. The lowest BCUT2D eigenvalue weighted by Crippen LogP contribution is -2.25. The first-order valence-electron chi connectivity index (χ1n) is 8.34. The molecule has 1 saturated heterocycles. The Bertz CT molecular complexity index is 616. The summed E-state index contributed by atoms with van der Waals surface area (Å²) < 4.78 is 0. The molecular weight excluding hydrogens is 286 g/mol. The van der Waals surface area contributed by atoms with Gasteiger partial charge in [0.2, 0.25) is 0 Å². The summed E-state index contributed by atoms with van der Waals surface area (Å²) in [4.78, 5) is 13.3. The Labute approximate surface area is 138 Å². The number of nitrogens with zero attached hydrogens (tertiary/aromatic N) is 4. The van der Waals surface area contributed by atoms with Gasteiger partial charge in [0, 0.05) is 44.6 Å². The predicted molar refractivity (Wildman–Crippen MR) is 96.8 cm³/mol. The number of nitrogens with one attached hydrogen (secondary N) is 1. The van der Waals surface area contributed by atoms with Crippen molar-refractivity contribution in [1.29, 1.82) is 0 Å². The van der Waals surface area contributed by atoms with Gasteiger partial charge in [0.05, 0.1) is 0 Å². The molecule has 1 N–H and O–H groups in total. The molecule has 1 aliphatic rings. The van der Waals surface area contributed by atoms with E-state index in [1.165, 1.54) is 31.4 Å². The van der Waals surface area contributed by atoms with Crippen molar-refractivity contribution in [2.75, 3.05) is 42.3 Å². The fourth-order valence-electron chi connectivity index (χ4n) is 2.88. The van der Waals surface area contributed by atoms with Crippen LogP contribution in [-0.2, 0) is 0 Å². The Kier molecular flexibility index (Phi) is 4.95. The van der Waals surface area contributed by atoms with Gasteiger partial charge in [0.1, 0.15) is 18.0 Å². The molecule has 0 atom stereocenters. The van der Waals surface area contributed by atoms with Crippen LogP contribution in [0.25, 0.3) is 0 Å². The zero-order chi connectivity index (χ0) is 16.1. The predicted octanol–water partition coefficient (Wildman–Crippen LogP) is 3.67. The lowest BCUT2D eigenvalue weighted by molar-refractivity contribution is 0.726. The van der Waals surface area contributed by atoms with E-state index in [9.17, 15) is 0 Å². The molecule has 0 unspecified atom stereocenters. The number of anilines is 4. The number of hydrogen-bond acceptors (Lipinski definition) is 5. The van der Waals surface area contributed by atoms with Gasteiger partial charge >= 0.3 is 0 Å². The Balaban J connectivity index is 1.71. The monoisotopic (exact) mass is 311 g/mol. The standard InChI is InChI=1S/C18H25N5/c1-22(2)16-9-7-15(8-10-16)21-17-13-18(20-14-19-17)23-11-5-3-4-6-12-23/h7-10,13-14H,3-6,11-12H2,1-2H3,(H,19,20,21). The van der Waals surface area contributed by atoms with Gasteiger partial charge in [-0.3, -0.25) is 0 Å². The molecule has 0 aliphatic carbocycles. The fourth-order valence-corrected chi connectivity index (χ4v) is 2.88. The summed E-state index contributed by atoms with van der Waals surface area (Å²) in [5.74, 6) is 1.87. The van der Waals surface area contributed by atoms with Crippen LogP contribution in [-0.4, -0.2) is 37.2 Å². The van der Waals surface area contributed by atoms with E-state index in [1.54, 1.807) is 6.33 Å². The minimum atomic E-state index is 0.844. The molecule has 5 heteroatoms. The van der Waals surface area contributed by atoms with Crippen molar-refractivity contribution >= 4 is 23.0 Å². The van der Waals surface area contributed by atoms with Crippen LogP contribution < -0.4 is 15.1 Å². The molecule has 122 valence electrons. The molecule has 1 aromatic heterocycles.